The molecule has 1 aromatic heterocycles. The van der Waals surface area contributed by atoms with Gasteiger partial charge in [0.25, 0.3) is 11.7 Å². The normalized spacial score (nSPS) is 18.2. The zero-order chi connectivity index (χ0) is 17.6. The molecule has 25 heavy (non-hydrogen) atoms. The molecule has 134 valence electrons. The summed E-state index contributed by atoms with van der Waals surface area (Å²) >= 11 is 0. The Bertz CT molecular complexity index is 701. The second-order valence-corrected chi connectivity index (χ2v) is 6.50. The third-order valence-corrected chi connectivity index (χ3v) is 4.61. The quantitative estimate of drug-likeness (QED) is 0.870. The largest absolute Gasteiger partial charge is 0.352 e. The summed E-state index contributed by atoms with van der Waals surface area (Å²) in [6.45, 7) is 2.53. The van der Waals surface area contributed by atoms with Crippen molar-refractivity contribution in [3.05, 3.63) is 47.4 Å². The molecule has 0 aliphatic carbocycles. The molecule has 0 saturated carbocycles. The van der Waals surface area contributed by atoms with Crippen LogP contribution < -0.4 is 5.32 Å². The van der Waals surface area contributed by atoms with Crippen LogP contribution in [0.5, 0.6) is 0 Å². The first-order chi connectivity index (χ1) is 12.1. The van der Waals surface area contributed by atoms with E-state index in [0.29, 0.717) is 18.4 Å². The van der Waals surface area contributed by atoms with Gasteiger partial charge in [0, 0.05) is 13.6 Å². The second-order valence-electron chi connectivity index (χ2n) is 6.50. The maximum absolute atomic E-state index is 13.0. The molecule has 1 atom stereocenters. The van der Waals surface area contributed by atoms with Crippen LogP contribution in [0.4, 0.5) is 4.39 Å². The minimum Gasteiger partial charge on any atom is -0.352 e. The Balaban J connectivity index is 1.50. The summed E-state index contributed by atoms with van der Waals surface area (Å²) in [6.07, 6.45) is 4.37. The van der Waals surface area contributed by atoms with Crippen molar-refractivity contribution in [3.8, 4) is 0 Å². The Labute approximate surface area is 146 Å². The summed E-state index contributed by atoms with van der Waals surface area (Å²) in [6, 6.07) is 6.74. The van der Waals surface area contributed by atoms with Gasteiger partial charge in [0.15, 0.2) is 0 Å². The Kier molecular flexibility index (Phi) is 5.75. The molecule has 1 aliphatic rings. The van der Waals surface area contributed by atoms with Crippen LogP contribution in [0.2, 0.25) is 0 Å². The lowest BCUT2D eigenvalue weighted by atomic mass is 9.91. The molecular weight excluding hydrogens is 323 g/mol. The first-order valence-electron chi connectivity index (χ1n) is 8.65. The van der Waals surface area contributed by atoms with Gasteiger partial charge in [0.1, 0.15) is 5.82 Å². The van der Waals surface area contributed by atoms with Crippen molar-refractivity contribution in [2.45, 2.75) is 32.2 Å². The standard InChI is InChI=1S/C18H23FN4O2/c1-20-18(24)17-21-16(25-22-17)12-23-10-2-3-14(11-23)5-4-13-6-8-15(19)9-7-13/h6-9,14H,2-5,10-12H2,1H3,(H,20,24)/t14-/m1/s1. The number of carbonyl (C=O) groups excluding carboxylic acids is 1. The predicted molar refractivity (Wildman–Crippen MR) is 90.4 cm³/mol. The highest BCUT2D eigenvalue weighted by atomic mass is 19.1. The Hall–Kier alpha value is -2.28. The van der Waals surface area contributed by atoms with E-state index < -0.39 is 0 Å². The van der Waals surface area contributed by atoms with Gasteiger partial charge in [-0.05, 0) is 55.8 Å². The first kappa shape index (κ1) is 17.5. The Morgan fingerprint density at radius 3 is 2.96 bits per heavy atom. The molecule has 0 radical (unpaired) electrons. The lowest BCUT2D eigenvalue weighted by molar-refractivity contribution is 0.0950. The fraction of sp³-hybridized carbons (Fsp3) is 0.500. The van der Waals surface area contributed by atoms with Crippen molar-refractivity contribution >= 4 is 5.91 Å². The van der Waals surface area contributed by atoms with Crippen molar-refractivity contribution in [2.24, 2.45) is 5.92 Å². The minimum absolute atomic E-state index is 0.0716. The van der Waals surface area contributed by atoms with E-state index in [0.717, 1.165) is 32.4 Å². The molecule has 3 rings (SSSR count). The molecule has 1 amide bonds. The lowest BCUT2D eigenvalue weighted by Gasteiger charge is -2.31. The average Bonchev–Trinajstić information content (AvgIpc) is 3.09. The van der Waals surface area contributed by atoms with E-state index in [-0.39, 0.29) is 17.5 Å². The summed E-state index contributed by atoms with van der Waals surface area (Å²) in [7, 11) is 1.54. The Morgan fingerprint density at radius 2 is 2.20 bits per heavy atom. The molecule has 0 bridgehead atoms. The number of carbonyl (C=O) groups is 1. The highest BCUT2D eigenvalue weighted by molar-refractivity contribution is 5.89. The third kappa shape index (κ3) is 4.85. The Morgan fingerprint density at radius 1 is 1.40 bits per heavy atom. The van der Waals surface area contributed by atoms with Crippen molar-refractivity contribution in [1.29, 1.82) is 0 Å². The van der Waals surface area contributed by atoms with Crippen LogP contribution in [-0.2, 0) is 13.0 Å². The number of amides is 1. The molecular formula is C18H23FN4O2. The summed E-state index contributed by atoms with van der Waals surface area (Å²) < 4.78 is 18.1. The second kappa shape index (κ2) is 8.20. The summed E-state index contributed by atoms with van der Waals surface area (Å²) in [5.74, 6) is 0.606. The van der Waals surface area contributed by atoms with Crippen LogP contribution in [0.25, 0.3) is 0 Å². The van der Waals surface area contributed by atoms with Gasteiger partial charge in [0.05, 0.1) is 6.54 Å². The molecule has 0 unspecified atom stereocenters. The number of hydrogen-bond donors (Lipinski definition) is 1. The summed E-state index contributed by atoms with van der Waals surface area (Å²) in [5.41, 5.74) is 1.17. The van der Waals surface area contributed by atoms with Crippen LogP contribution in [-0.4, -0.2) is 41.1 Å². The van der Waals surface area contributed by atoms with Crippen molar-refractivity contribution < 1.29 is 13.7 Å². The van der Waals surface area contributed by atoms with E-state index in [4.69, 9.17) is 4.52 Å². The van der Waals surface area contributed by atoms with Crippen molar-refractivity contribution in [2.75, 3.05) is 20.1 Å². The van der Waals surface area contributed by atoms with Crippen LogP contribution >= 0.6 is 0 Å². The topological polar surface area (TPSA) is 71.3 Å². The van der Waals surface area contributed by atoms with Gasteiger partial charge in [-0.15, -0.1) is 0 Å². The smallest absolute Gasteiger partial charge is 0.292 e. The molecule has 1 aromatic carbocycles. The van der Waals surface area contributed by atoms with E-state index in [1.807, 2.05) is 12.1 Å². The molecule has 7 heteroatoms. The number of piperidine rings is 1. The fourth-order valence-corrected chi connectivity index (χ4v) is 3.27. The maximum atomic E-state index is 13.0. The monoisotopic (exact) mass is 346 g/mol. The highest BCUT2D eigenvalue weighted by Gasteiger charge is 2.22. The predicted octanol–water partition coefficient (Wildman–Crippen LogP) is 2.41. The van der Waals surface area contributed by atoms with Gasteiger partial charge >= 0.3 is 0 Å². The molecule has 2 heterocycles. The molecule has 0 spiro atoms. The number of aryl methyl sites for hydroxylation is 1. The molecule has 1 N–H and O–H groups in total. The van der Waals surface area contributed by atoms with Crippen LogP contribution in [0.15, 0.2) is 28.8 Å². The van der Waals surface area contributed by atoms with E-state index in [9.17, 15) is 9.18 Å². The van der Waals surface area contributed by atoms with Gasteiger partial charge in [0.2, 0.25) is 5.89 Å². The number of rotatable bonds is 6. The molecule has 1 fully saturated rings. The van der Waals surface area contributed by atoms with Gasteiger partial charge in [-0.25, -0.2) is 4.39 Å². The molecule has 6 nitrogen and oxygen atoms in total. The SMILES string of the molecule is CNC(=O)c1noc(CN2CCC[C@H](CCc3ccc(F)cc3)C2)n1. The molecule has 1 aliphatic heterocycles. The van der Waals surface area contributed by atoms with Gasteiger partial charge in [-0.3, -0.25) is 9.69 Å². The third-order valence-electron chi connectivity index (χ3n) is 4.61. The number of benzene rings is 1. The number of nitrogens with zero attached hydrogens (tertiary/aromatic N) is 3. The van der Waals surface area contributed by atoms with Crippen LogP contribution in [0, 0.1) is 11.7 Å². The molecule has 1 saturated heterocycles. The van der Waals surface area contributed by atoms with Crippen LogP contribution in [0.3, 0.4) is 0 Å². The fourth-order valence-electron chi connectivity index (χ4n) is 3.27. The number of hydrogen-bond acceptors (Lipinski definition) is 5. The van der Waals surface area contributed by atoms with Gasteiger partial charge in [-0.2, -0.15) is 4.98 Å². The maximum Gasteiger partial charge on any atom is 0.292 e. The first-order valence-corrected chi connectivity index (χ1v) is 8.65. The zero-order valence-electron chi connectivity index (χ0n) is 14.4. The highest BCUT2D eigenvalue weighted by Crippen LogP contribution is 2.22. The van der Waals surface area contributed by atoms with Crippen LogP contribution in [0.1, 0.15) is 41.3 Å². The zero-order valence-corrected chi connectivity index (χ0v) is 14.4. The van der Waals surface area contributed by atoms with Gasteiger partial charge < -0.3 is 9.84 Å². The van der Waals surface area contributed by atoms with Crippen molar-refractivity contribution in [3.63, 3.8) is 0 Å². The average molecular weight is 346 g/mol. The lowest BCUT2D eigenvalue weighted by Crippen LogP contribution is -2.35. The van der Waals surface area contributed by atoms with E-state index in [2.05, 4.69) is 20.4 Å². The van der Waals surface area contributed by atoms with Crippen molar-refractivity contribution in [1.82, 2.24) is 20.4 Å². The number of nitrogens with one attached hydrogen (secondary N) is 1. The minimum atomic E-state index is -0.342. The van der Waals surface area contributed by atoms with E-state index in [1.165, 1.54) is 31.2 Å². The molecule has 2 aromatic rings. The van der Waals surface area contributed by atoms with E-state index >= 15 is 0 Å². The number of halogens is 1. The summed E-state index contributed by atoms with van der Waals surface area (Å²) in [5, 5.41) is 6.18. The number of likely N-dealkylation sites (tertiary alicyclic amines) is 1. The summed E-state index contributed by atoms with van der Waals surface area (Å²) in [4.78, 5) is 17.9. The van der Waals surface area contributed by atoms with E-state index in [1.54, 1.807) is 0 Å². The van der Waals surface area contributed by atoms with Gasteiger partial charge in [-0.1, -0.05) is 17.3 Å². The number of aromatic nitrogens is 2.